The molecule has 0 saturated carbocycles. The van der Waals surface area contributed by atoms with Gasteiger partial charge in [0, 0.05) is 63.4 Å². The number of nitrogens with zero attached hydrogens (tertiary/aromatic N) is 4. The van der Waals surface area contributed by atoms with Crippen LogP contribution >= 0.6 is 0 Å². The van der Waals surface area contributed by atoms with E-state index >= 15 is 0 Å². The second-order valence-electron chi connectivity index (χ2n) is 7.43. The van der Waals surface area contributed by atoms with Crippen molar-refractivity contribution in [2.75, 3.05) is 38.1 Å². The minimum atomic E-state index is -0.514. The Morgan fingerprint density at radius 1 is 1.23 bits per heavy atom. The molecular weight excluding hydrogens is 387 g/mol. The molecule has 1 aliphatic heterocycles. The summed E-state index contributed by atoms with van der Waals surface area (Å²) in [4.78, 5) is 35.4. The molecule has 2 N–H and O–H groups in total. The van der Waals surface area contributed by atoms with E-state index in [9.17, 15) is 14.0 Å². The standard InChI is InChI=1S/C21H25FN6O2/c1-3-14-11-28-13-15(24-21(28)25-19(14)29)12-26-6-8-27(9-7-26)16-4-5-17(18(22)10-16)20(30)23-2/h4-5,10-11,13H,3,6-9,12H2,1-2H3,(H,23,30)(H,24,25,29). The van der Waals surface area contributed by atoms with Crippen molar-refractivity contribution in [2.45, 2.75) is 19.9 Å². The maximum atomic E-state index is 14.3. The number of anilines is 1. The summed E-state index contributed by atoms with van der Waals surface area (Å²) in [5.41, 5.74) is 2.36. The number of aryl methyl sites for hydroxylation is 1. The number of nitrogens with one attached hydrogen (secondary N) is 2. The molecule has 1 saturated heterocycles. The van der Waals surface area contributed by atoms with Gasteiger partial charge in [-0.2, -0.15) is 0 Å². The molecule has 0 atom stereocenters. The number of carbonyl (C=O) groups is 1. The zero-order chi connectivity index (χ0) is 21.3. The van der Waals surface area contributed by atoms with Gasteiger partial charge in [-0.15, -0.1) is 0 Å². The van der Waals surface area contributed by atoms with Crippen LogP contribution in [0.15, 0.2) is 35.4 Å². The van der Waals surface area contributed by atoms with Gasteiger partial charge in [0.05, 0.1) is 11.3 Å². The Balaban J connectivity index is 1.40. The first-order valence-electron chi connectivity index (χ1n) is 10.1. The van der Waals surface area contributed by atoms with Gasteiger partial charge in [0.2, 0.25) is 5.78 Å². The number of hydrogen-bond donors (Lipinski definition) is 2. The van der Waals surface area contributed by atoms with Crippen LogP contribution in [0, 0.1) is 5.82 Å². The highest BCUT2D eigenvalue weighted by Crippen LogP contribution is 2.21. The molecule has 158 valence electrons. The molecule has 0 bridgehead atoms. The molecule has 0 unspecified atom stereocenters. The third kappa shape index (κ3) is 3.93. The largest absolute Gasteiger partial charge is 0.369 e. The summed E-state index contributed by atoms with van der Waals surface area (Å²) in [6, 6.07) is 4.73. The van der Waals surface area contributed by atoms with Crippen molar-refractivity contribution in [1.29, 1.82) is 0 Å². The van der Waals surface area contributed by atoms with Crippen molar-refractivity contribution in [1.82, 2.24) is 24.6 Å². The number of carbonyl (C=O) groups excluding carboxylic acids is 1. The Morgan fingerprint density at radius 3 is 2.67 bits per heavy atom. The Labute approximate surface area is 173 Å². The molecule has 8 nitrogen and oxygen atoms in total. The number of benzene rings is 1. The van der Waals surface area contributed by atoms with E-state index in [1.807, 2.05) is 23.7 Å². The van der Waals surface area contributed by atoms with Crippen molar-refractivity contribution in [3.63, 3.8) is 0 Å². The highest BCUT2D eigenvalue weighted by Gasteiger charge is 2.20. The molecule has 4 rings (SSSR count). The lowest BCUT2D eigenvalue weighted by Gasteiger charge is -2.35. The number of amides is 1. The summed E-state index contributed by atoms with van der Waals surface area (Å²) in [7, 11) is 1.48. The van der Waals surface area contributed by atoms with E-state index in [4.69, 9.17) is 0 Å². The van der Waals surface area contributed by atoms with E-state index in [-0.39, 0.29) is 11.1 Å². The third-order valence-corrected chi connectivity index (χ3v) is 5.52. The summed E-state index contributed by atoms with van der Waals surface area (Å²) in [6.07, 6.45) is 4.45. The van der Waals surface area contributed by atoms with Crippen molar-refractivity contribution in [3.05, 3.63) is 63.6 Å². The molecule has 1 aliphatic rings. The average molecular weight is 412 g/mol. The van der Waals surface area contributed by atoms with Crippen LogP contribution in [0.2, 0.25) is 0 Å². The number of imidazole rings is 1. The SMILES string of the molecule is CCc1cn2cc(CN3CCN(c4ccc(C(=O)NC)c(F)c4)CC3)nc2[nH]c1=O. The molecular formula is C21H25FN6O2. The number of aromatic amines is 1. The van der Waals surface area contributed by atoms with E-state index in [0.717, 1.165) is 43.1 Å². The fourth-order valence-electron chi connectivity index (χ4n) is 3.78. The molecule has 1 amide bonds. The van der Waals surface area contributed by atoms with Crippen molar-refractivity contribution in [2.24, 2.45) is 0 Å². The Bertz CT molecular complexity index is 1130. The summed E-state index contributed by atoms with van der Waals surface area (Å²) in [5, 5.41) is 2.44. The minimum Gasteiger partial charge on any atom is -0.369 e. The molecule has 9 heteroatoms. The fraction of sp³-hybridized carbons (Fsp3) is 0.381. The van der Waals surface area contributed by atoms with Crippen molar-refractivity contribution >= 4 is 17.4 Å². The average Bonchev–Trinajstić information content (AvgIpc) is 3.13. The molecule has 3 aromatic rings. The van der Waals surface area contributed by atoms with Crippen LogP contribution < -0.4 is 15.8 Å². The fourth-order valence-corrected chi connectivity index (χ4v) is 3.78. The first kappa shape index (κ1) is 20.1. The van der Waals surface area contributed by atoms with Crippen molar-refractivity contribution < 1.29 is 9.18 Å². The molecule has 30 heavy (non-hydrogen) atoms. The molecule has 2 aromatic heterocycles. The zero-order valence-corrected chi connectivity index (χ0v) is 17.1. The summed E-state index contributed by atoms with van der Waals surface area (Å²) < 4.78 is 16.1. The van der Waals surface area contributed by atoms with Crippen LogP contribution in [0.25, 0.3) is 5.78 Å². The lowest BCUT2D eigenvalue weighted by atomic mass is 10.1. The van der Waals surface area contributed by atoms with Gasteiger partial charge in [0.15, 0.2) is 0 Å². The Morgan fingerprint density at radius 2 is 2.00 bits per heavy atom. The summed E-state index contributed by atoms with van der Waals surface area (Å²) in [6.45, 7) is 5.76. The molecule has 0 radical (unpaired) electrons. The Kier molecular flexibility index (Phi) is 5.54. The van der Waals surface area contributed by atoms with Gasteiger partial charge in [0.1, 0.15) is 5.82 Å². The first-order valence-corrected chi connectivity index (χ1v) is 10.1. The second kappa shape index (κ2) is 8.27. The van der Waals surface area contributed by atoms with Gasteiger partial charge in [-0.25, -0.2) is 9.37 Å². The minimum absolute atomic E-state index is 0.0519. The molecule has 1 aromatic carbocycles. The number of aromatic nitrogens is 3. The molecule has 0 aliphatic carbocycles. The highest BCUT2D eigenvalue weighted by molar-refractivity contribution is 5.94. The van der Waals surface area contributed by atoms with Crippen molar-refractivity contribution in [3.8, 4) is 0 Å². The second-order valence-corrected chi connectivity index (χ2v) is 7.43. The van der Waals surface area contributed by atoms with E-state index in [2.05, 4.69) is 25.1 Å². The van der Waals surface area contributed by atoms with Gasteiger partial charge in [-0.1, -0.05) is 6.92 Å². The topological polar surface area (TPSA) is 85.7 Å². The molecule has 1 fully saturated rings. The van der Waals surface area contributed by atoms with Gasteiger partial charge in [0.25, 0.3) is 11.5 Å². The van der Waals surface area contributed by atoms with E-state index in [0.29, 0.717) is 18.7 Å². The van der Waals surface area contributed by atoms with Crippen LogP contribution in [-0.2, 0) is 13.0 Å². The van der Waals surface area contributed by atoms with Crippen LogP contribution in [0.5, 0.6) is 0 Å². The van der Waals surface area contributed by atoms with Crippen LogP contribution in [0.1, 0.15) is 28.5 Å². The maximum Gasteiger partial charge on any atom is 0.255 e. The van der Waals surface area contributed by atoms with E-state index in [1.165, 1.54) is 19.2 Å². The van der Waals surface area contributed by atoms with E-state index < -0.39 is 11.7 Å². The number of H-pyrrole nitrogens is 1. The van der Waals surface area contributed by atoms with Crippen LogP contribution in [0.3, 0.4) is 0 Å². The lowest BCUT2D eigenvalue weighted by molar-refractivity contribution is 0.0959. The number of rotatable bonds is 5. The predicted molar refractivity (Wildman–Crippen MR) is 112 cm³/mol. The smallest absolute Gasteiger partial charge is 0.255 e. The zero-order valence-electron chi connectivity index (χ0n) is 17.1. The van der Waals surface area contributed by atoms with E-state index in [1.54, 1.807) is 6.07 Å². The van der Waals surface area contributed by atoms with Crippen LogP contribution in [-0.4, -0.2) is 58.4 Å². The van der Waals surface area contributed by atoms with Gasteiger partial charge in [-0.3, -0.25) is 23.9 Å². The van der Waals surface area contributed by atoms with Gasteiger partial charge < -0.3 is 10.2 Å². The first-order chi connectivity index (χ1) is 14.5. The Hall–Kier alpha value is -3.20. The normalized spacial score (nSPS) is 15.0. The summed E-state index contributed by atoms with van der Waals surface area (Å²) >= 11 is 0. The summed E-state index contributed by atoms with van der Waals surface area (Å²) in [5.74, 6) is -0.388. The third-order valence-electron chi connectivity index (χ3n) is 5.52. The van der Waals surface area contributed by atoms with Gasteiger partial charge >= 0.3 is 0 Å². The van der Waals surface area contributed by atoms with Gasteiger partial charge in [-0.05, 0) is 24.6 Å². The highest BCUT2D eigenvalue weighted by atomic mass is 19.1. The number of piperazine rings is 1. The quantitative estimate of drug-likeness (QED) is 0.662. The number of halogens is 1. The molecule has 3 heterocycles. The number of hydrogen-bond acceptors (Lipinski definition) is 5. The number of fused-ring (bicyclic) bond motifs is 1. The molecule has 0 spiro atoms. The predicted octanol–water partition coefficient (Wildman–Crippen LogP) is 1.41. The van der Waals surface area contributed by atoms with Crippen LogP contribution in [0.4, 0.5) is 10.1 Å². The maximum absolute atomic E-state index is 14.3. The lowest BCUT2D eigenvalue weighted by Crippen LogP contribution is -2.46. The monoisotopic (exact) mass is 412 g/mol.